The molecule has 3 aromatic rings. The number of aromatic amines is 1. The van der Waals surface area contributed by atoms with Crippen molar-refractivity contribution in [1.29, 1.82) is 0 Å². The molecule has 0 unspecified atom stereocenters. The number of fused-ring (bicyclic) bond motifs is 1. The summed E-state index contributed by atoms with van der Waals surface area (Å²) in [6.07, 6.45) is 0. The van der Waals surface area contributed by atoms with Crippen LogP contribution >= 0.6 is 11.3 Å². The second-order valence-corrected chi connectivity index (χ2v) is 4.76. The van der Waals surface area contributed by atoms with Crippen LogP contribution in [-0.4, -0.2) is 4.98 Å². The number of hydrogen-bond acceptors (Lipinski definition) is 2. The number of H-pyrrole nitrogens is 1. The van der Waals surface area contributed by atoms with Gasteiger partial charge in [-0.15, -0.1) is 11.3 Å². The van der Waals surface area contributed by atoms with Crippen LogP contribution in [0.2, 0.25) is 0 Å². The smallest absolute Gasteiger partial charge is 0.260 e. The summed E-state index contributed by atoms with van der Waals surface area (Å²) < 4.78 is 27.4. The maximum Gasteiger partial charge on any atom is 0.260 e. The number of rotatable bonds is 1. The maximum absolute atomic E-state index is 14.3. The van der Waals surface area contributed by atoms with Crippen LogP contribution in [0.15, 0.2) is 40.5 Å². The van der Waals surface area contributed by atoms with E-state index in [1.807, 2.05) is 0 Å². The molecule has 90 valence electrons. The van der Waals surface area contributed by atoms with E-state index in [0.29, 0.717) is 10.4 Å². The van der Waals surface area contributed by atoms with Crippen molar-refractivity contribution < 1.29 is 8.78 Å². The third-order valence-electron chi connectivity index (χ3n) is 2.68. The van der Waals surface area contributed by atoms with Crippen LogP contribution in [0, 0.1) is 11.6 Å². The van der Waals surface area contributed by atoms with Gasteiger partial charge in [-0.3, -0.25) is 4.79 Å². The molecule has 0 radical (unpaired) electrons. The normalized spacial score (nSPS) is 11.0. The molecule has 0 spiro atoms. The standard InChI is InChI=1S/C13H7F2NOS/c14-7-3-4-9-8(6-7)12(15)11(13(17)16-9)10-2-1-5-18-10/h1-6H,(H,16,17). The molecule has 3 rings (SSSR count). The average molecular weight is 263 g/mol. The molecule has 2 heterocycles. The van der Waals surface area contributed by atoms with E-state index in [0.717, 1.165) is 6.07 Å². The highest BCUT2D eigenvalue weighted by atomic mass is 32.1. The maximum atomic E-state index is 14.3. The molecular weight excluding hydrogens is 256 g/mol. The number of pyridine rings is 1. The fourth-order valence-electron chi connectivity index (χ4n) is 1.87. The van der Waals surface area contributed by atoms with Crippen molar-refractivity contribution in [2.24, 2.45) is 0 Å². The summed E-state index contributed by atoms with van der Waals surface area (Å²) >= 11 is 1.26. The Kier molecular flexibility index (Phi) is 2.48. The Hall–Kier alpha value is -2.01. The molecule has 0 aliphatic carbocycles. The lowest BCUT2D eigenvalue weighted by molar-refractivity contribution is 0.621. The first-order valence-electron chi connectivity index (χ1n) is 5.22. The monoisotopic (exact) mass is 263 g/mol. The summed E-state index contributed by atoms with van der Waals surface area (Å²) in [7, 11) is 0. The van der Waals surface area contributed by atoms with Crippen molar-refractivity contribution in [3.8, 4) is 10.4 Å². The predicted octanol–water partition coefficient (Wildman–Crippen LogP) is 3.53. The zero-order valence-corrected chi connectivity index (χ0v) is 9.85. The molecule has 1 N–H and O–H groups in total. The zero-order valence-electron chi connectivity index (χ0n) is 9.04. The van der Waals surface area contributed by atoms with Crippen molar-refractivity contribution in [3.05, 3.63) is 57.7 Å². The molecule has 0 aliphatic heterocycles. The molecule has 18 heavy (non-hydrogen) atoms. The Balaban J connectivity index is 2.43. The lowest BCUT2D eigenvalue weighted by Gasteiger charge is -2.04. The summed E-state index contributed by atoms with van der Waals surface area (Å²) in [5, 5.41) is 1.84. The average Bonchev–Trinajstić information content (AvgIpc) is 2.84. The minimum Gasteiger partial charge on any atom is -0.321 e. The molecule has 1 aromatic carbocycles. The van der Waals surface area contributed by atoms with Crippen LogP contribution in [-0.2, 0) is 0 Å². The van der Waals surface area contributed by atoms with Gasteiger partial charge in [0, 0.05) is 10.3 Å². The van der Waals surface area contributed by atoms with Gasteiger partial charge in [0.1, 0.15) is 11.6 Å². The van der Waals surface area contributed by atoms with Crippen molar-refractivity contribution in [2.45, 2.75) is 0 Å². The van der Waals surface area contributed by atoms with Crippen molar-refractivity contribution >= 4 is 22.2 Å². The van der Waals surface area contributed by atoms with Crippen LogP contribution in [0.5, 0.6) is 0 Å². The minimum absolute atomic E-state index is 0.0388. The van der Waals surface area contributed by atoms with Gasteiger partial charge >= 0.3 is 0 Å². The molecule has 0 saturated heterocycles. The predicted molar refractivity (Wildman–Crippen MR) is 67.8 cm³/mol. The van der Waals surface area contributed by atoms with Gasteiger partial charge in [-0.25, -0.2) is 8.78 Å². The Morgan fingerprint density at radius 1 is 1.17 bits per heavy atom. The highest BCUT2D eigenvalue weighted by Crippen LogP contribution is 2.27. The number of aromatic nitrogens is 1. The van der Waals surface area contributed by atoms with Gasteiger partial charge in [-0.05, 0) is 29.6 Å². The first-order valence-corrected chi connectivity index (χ1v) is 6.09. The summed E-state index contributed by atoms with van der Waals surface area (Å²) in [6, 6.07) is 7.01. The van der Waals surface area contributed by atoms with E-state index >= 15 is 0 Å². The molecule has 0 aliphatic rings. The third kappa shape index (κ3) is 1.64. The molecule has 0 fully saturated rings. The molecule has 5 heteroatoms. The molecule has 2 aromatic heterocycles. The van der Waals surface area contributed by atoms with Crippen molar-refractivity contribution in [3.63, 3.8) is 0 Å². The van der Waals surface area contributed by atoms with E-state index in [-0.39, 0.29) is 10.9 Å². The highest BCUT2D eigenvalue weighted by Gasteiger charge is 2.15. The van der Waals surface area contributed by atoms with Crippen LogP contribution in [0.3, 0.4) is 0 Å². The Labute approximate surface area is 105 Å². The van der Waals surface area contributed by atoms with Gasteiger partial charge < -0.3 is 4.98 Å². The van der Waals surface area contributed by atoms with E-state index in [2.05, 4.69) is 4.98 Å². The molecule has 2 nitrogen and oxygen atoms in total. The second-order valence-electron chi connectivity index (χ2n) is 3.81. The van der Waals surface area contributed by atoms with Gasteiger partial charge in [0.25, 0.3) is 5.56 Å². The van der Waals surface area contributed by atoms with Crippen LogP contribution < -0.4 is 5.56 Å². The molecule has 0 atom stereocenters. The largest absolute Gasteiger partial charge is 0.321 e. The van der Waals surface area contributed by atoms with Gasteiger partial charge in [-0.1, -0.05) is 6.07 Å². The quantitative estimate of drug-likeness (QED) is 0.715. The van der Waals surface area contributed by atoms with Crippen LogP contribution in [0.25, 0.3) is 21.3 Å². The first-order chi connectivity index (χ1) is 8.66. The van der Waals surface area contributed by atoms with Crippen LogP contribution in [0.4, 0.5) is 8.78 Å². The van der Waals surface area contributed by atoms with E-state index < -0.39 is 17.2 Å². The Morgan fingerprint density at radius 2 is 2.00 bits per heavy atom. The number of hydrogen-bond donors (Lipinski definition) is 1. The topological polar surface area (TPSA) is 32.9 Å². The number of nitrogens with one attached hydrogen (secondary N) is 1. The van der Waals surface area contributed by atoms with Gasteiger partial charge in [-0.2, -0.15) is 0 Å². The molecule has 0 amide bonds. The van der Waals surface area contributed by atoms with Gasteiger partial charge in [0.05, 0.1) is 11.1 Å². The zero-order chi connectivity index (χ0) is 12.7. The summed E-state index contributed by atoms with van der Waals surface area (Å²) in [5.41, 5.74) is -0.253. The van der Waals surface area contributed by atoms with Crippen molar-refractivity contribution in [2.75, 3.05) is 0 Å². The van der Waals surface area contributed by atoms with Crippen LogP contribution in [0.1, 0.15) is 0 Å². The second kappa shape index (κ2) is 4.03. The lowest BCUT2D eigenvalue weighted by atomic mass is 10.1. The Morgan fingerprint density at radius 3 is 2.72 bits per heavy atom. The molecular formula is C13H7F2NOS. The SMILES string of the molecule is O=c1[nH]c2ccc(F)cc2c(F)c1-c1cccs1. The fourth-order valence-corrected chi connectivity index (χ4v) is 2.63. The number of benzene rings is 1. The number of thiophene rings is 1. The molecule has 0 saturated carbocycles. The fraction of sp³-hybridized carbons (Fsp3) is 0. The highest BCUT2D eigenvalue weighted by molar-refractivity contribution is 7.13. The summed E-state index contributed by atoms with van der Waals surface area (Å²) in [6.45, 7) is 0. The van der Waals surface area contributed by atoms with Gasteiger partial charge in [0.2, 0.25) is 0 Å². The summed E-state index contributed by atoms with van der Waals surface area (Å²) in [5.74, 6) is -1.22. The molecule has 0 bridgehead atoms. The Bertz CT molecular complexity index is 778. The van der Waals surface area contributed by atoms with Crippen molar-refractivity contribution in [1.82, 2.24) is 4.98 Å². The van der Waals surface area contributed by atoms with E-state index in [1.165, 1.54) is 23.5 Å². The first kappa shape index (κ1) is 11.1. The number of halogens is 2. The third-order valence-corrected chi connectivity index (χ3v) is 3.57. The van der Waals surface area contributed by atoms with E-state index in [9.17, 15) is 13.6 Å². The van der Waals surface area contributed by atoms with E-state index in [1.54, 1.807) is 17.5 Å². The summed E-state index contributed by atoms with van der Waals surface area (Å²) in [4.78, 5) is 14.9. The van der Waals surface area contributed by atoms with E-state index in [4.69, 9.17) is 0 Å². The van der Waals surface area contributed by atoms with Gasteiger partial charge in [0.15, 0.2) is 0 Å². The lowest BCUT2D eigenvalue weighted by Crippen LogP contribution is -2.11. The minimum atomic E-state index is -0.685.